The Morgan fingerprint density at radius 1 is 1.63 bits per heavy atom. The normalized spacial score (nSPS) is 23.3. The van der Waals surface area contributed by atoms with Gasteiger partial charge in [-0.15, -0.1) is 0 Å². The van der Waals surface area contributed by atoms with Gasteiger partial charge in [-0.1, -0.05) is 0 Å². The number of piperidine rings is 1. The molecule has 19 heavy (non-hydrogen) atoms. The number of hydrogen-bond donors (Lipinski definition) is 2. The van der Waals surface area contributed by atoms with Crippen molar-refractivity contribution in [2.24, 2.45) is 13.0 Å². The molecule has 1 saturated heterocycles. The Bertz CT molecular complexity index is 441. The van der Waals surface area contributed by atoms with Gasteiger partial charge in [-0.05, 0) is 51.6 Å². The van der Waals surface area contributed by atoms with E-state index in [4.69, 9.17) is 0 Å². The molecule has 1 aromatic heterocycles. The second kappa shape index (κ2) is 6.19. The molecule has 2 unspecified atom stereocenters. The molecular formula is C14H24N4O. The van der Waals surface area contributed by atoms with E-state index in [1.165, 1.54) is 5.69 Å². The number of amides is 1. The molecule has 0 saturated carbocycles. The molecule has 2 N–H and O–H groups in total. The Morgan fingerprint density at radius 3 is 3.05 bits per heavy atom. The lowest BCUT2D eigenvalue weighted by atomic mass is 9.88. The minimum Gasteiger partial charge on any atom is -0.355 e. The van der Waals surface area contributed by atoms with Crippen LogP contribution in [-0.2, 0) is 18.3 Å². The Labute approximate surface area is 114 Å². The number of carbonyl (C=O) groups is 1. The molecule has 2 rings (SSSR count). The maximum Gasteiger partial charge on any atom is 0.237 e. The topological polar surface area (TPSA) is 59.0 Å². The standard InChI is InChI=1S/C14H24N4O/c1-4-15-14(19)13-9-11(5-6-16-13)8-12-7-10(2)17-18(12)3/h7,11,13,16H,4-6,8-9H2,1-3H3,(H,15,19). The number of rotatable bonds is 4. The summed E-state index contributed by atoms with van der Waals surface area (Å²) in [5.74, 6) is 0.692. The fourth-order valence-electron chi connectivity index (χ4n) is 2.83. The summed E-state index contributed by atoms with van der Waals surface area (Å²) < 4.78 is 1.96. The van der Waals surface area contributed by atoms with Crippen LogP contribution in [0.5, 0.6) is 0 Å². The second-order valence-corrected chi connectivity index (χ2v) is 5.40. The molecule has 1 amide bonds. The molecule has 1 aliphatic rings. The van der Waals surface area contributed by atoms with Gasteiger partial charge in [-0.2, -0.15) is 5.10 Å². The van der Waals surface area contributed by atoms with Crippen molar-refractivity contribution >= 4 is 5.91 Å². The molecule has 1 fully saturated rings. The van der Waals surface area contributed by atoms with Crippen LogP contribution in [0, 0.1) is 12.8 Å². The van der Waals surface area contributed by atoms with Crippen LogP contribution in [0.15, 0.2) is 6.07 Å². The van der Waals surface area contributed by atoms with Crippen molar-refractivity contribution in [2.75, 3.05) is 13.1 Å². The van der Waals surface area contributed by atoms with Crippen molar-refractivity contribution in [3.8, 4) is 0 Å². The third-order valence-electron chi connectivity index (χ3n) is 3.78. The second-order valence-electron chi connectivity index (χ2n) is 5.40. The molecule has 0 aliphatic carbocycles. The molecule has 0 radical (unpaired) electrons. The summed E-state index contributed by atoms with van der Waals surface area (Å²) in [5.41, 5.74) is 2.32. The van der Waals surface area contributed by atoms with Gasteiger partial charge in [-0.25, -0.2) is 0 Å². The van der Waals surface area contributed by atoms with E-state index in [1.54, 1.807) is 0 Å². The minimum absolute atomic E-state index is 0.0342. The van der Waals surface area contributed by atoms with Gasteiger partial charge in [0.25, 0.3) is 0 Å². The zero-order chi connectivity index (χ0) is 13.8. The van der Waals surface area contributed by atoms with E-state index in [2.05, 4.69) is 21.8 Å². The highest BCUT2D eigenvalue weighted by Gasteiger charge is 2.27. The fourth-order valence-corrected chi connectivity index (χ4v) is 2.83. The van der Waals surface area contributed by atoms with Gasteiger partial charge in [0.2, 0.25) is 5.91 Å². The monoisotopic (exact) mass is 264 g/mol. The van der Waals surface area contributed by atoms with E-state index in [0.29, 0.717) is 12.5 Å². The van der Waals surface area contributed by atoms with E-state index >= 15 is 0 Å². The average molecular weight is 264 g/mol. The van der Waals surface area contributed by atoms with Gasteiger partial charge >= 0.3 is 0 Å². The first-order chi connectivity index (χ1) is 9.10. The lowest BCUT2D eigenvalue weighted by Crippen LogP contribution is -2.49. The van der Waals surface area contributed by atoms with Crippen molar-refractivity contribution < 1.29 is 4.79 Å². The maximum absolute atomic E-state index is 11.9. The summed E-state index contributed by atoms with van der Waals surface area (Å²) in [7, 11) is 1.99. The highest BCUT2D eigenvalue weighted by Crippen LogP contribution is 2.21. The highest BCUT2D eigenvalue weighted by molar-refractivity contribution is 5.81. The Hall–Kier alpha value is -1.36. The SMILES string of the molecule is CCNC(=O)C1CC(Cc2cc(C)nn2C)CCN1. The number of aryl methyl sites for hydroxylation is 2. The Morgan fingerprint density at radius 2 is 2.42 bits per heavy atom. The van der Waals surface area contributed by atoms with Gasteiger partial charge in [0, 0.05) is 19.3 Å². The van der Waals surface area contributed by atoms with Crippen molar-refractivity contribution in [1.29, 1.82) is 0 Å². The number of nitrogens with one attached hydrogen (secondary N) is 2. The van der Waals surface area contributed by atoms with E-state index in [1.807, 2.05) is 25.6 Å². The van der Waals surface area contributed by atoms with Crippen LogP contribution in [0.4, 0.5) is 0 Å². The van der Waals surface area contributed by atoms with Crippen LogP contribution in [0.2, 0.25) is 0 Å². The predicted molar refractivity (Wildman–Crippen MR) is 74.8 cm³/mol. The molecule has 1 aliphatic heterocycles. The number of hydrogen-bond acceptors (Lipinski definition) is 3. The van der Waals surface area contributed by atoms with E-state index in [9.17, 15) is 4.79 Å². The molecule has 106 valence electrons. The van der Waals surface area contributed by atoms with Crippen LogP contribution < -0.4 is 10.6 Å². The molecule has 1 aromatic rings. The smallest absolute Gasteiger partial charge is 0.237 e. The van der Waals surface area contributed by atoms with Crippen LogP contribution in [0.3, 0.4) is 0 Å². The number of carbonyl (C=O) groups excluding carboxylic acids is 1. The zero-order valence-corrected chi connectivity index (χ0v) is 12.1. The number of aromatic nitrogens is 2. The van der Waals surface area contributed by atoms with E-state index < -0.39 is 0 Å². The summed E-state index contributed by atoms with van der Waals surface area (Å²) in [6.07, 6.45) is 3.05. The molecule has 0 bridgehead atoms. The molecule has 5 nitrogen and oxygen atoms in total. The van der Waals surface area contributed by atoms with Crippen LogP contribution >= 0.6 is 0 Å². The lowest BCUT2D eigenvalue weighted by molar-refractivity contribution is -0.123. The lowest BCUT2D eigenvalue weighted by Gasteiger charge is -2.29. The Kier molecular flexibility index (Phi) is 4.58. The van der Waals surface area contributed by atoms with Crippen molar-refractivity contribution in [3.63, 3.8) is 0 Å². The summed E-state index contributed by atoms with van der Waals surface area (Å²) in [6, 6.07) is 2.11. The summed E-state index contributed by atoms with van der Waals surface area (Å²) in [5, 5.41) is 10.6. The van der Waals surface area contributed by atoms with Crippen molar-refractivity contribution in [3.05, 3.63) is 17.5 Å². The average Bonchev–Trinajstić information content (AvgIpc) is 2.68. The van der Waals surface area contributed by atoms with Crippen LogP contribution in [0.25, 0.3) is 0 Å². The molecule has 2 heterocycles. The summed E-state index contributed by atoms with van der Waals surface area (Å²) in [6.45, 7) is 5.59. The largest absolute Gasteiger partial charge is 0.355 e. The zero-order valence-electron chi connectivity index (χ0n) is 12.1. The van der Waals surface area contributed by atoms with Gasteiger partial charge in [0.1, 0.15) is 0 Å². The molecule has 5 heteroatoms. The van der Waals surface area contributed by atoms with E-state index in [-0.39, 0.29) is 11.9 Å². The van der Waals surface area contributed by atoms with Crippen LogP contribution in [0.1, 0.15) is 31.2 Å². The maximum atomic E-state index is 11.9. The van der Waals surface area contributed by atoms with Crippen molar-refractivity contribution in [1.82, 2.24) is 20.4 Å². The van der Waals surface area contributed by atoms with Gasteiger partial charge in [-0.3, -0.25) is 9.48 Å². The molecule has 0 aromatic carbocycles. The minimum atomic E-state index is -0.0342. The predicted octanol–water partition coefficient (Wildman–Crippen LogP) is 0.775. The number of nitrogens with zero attached hydrogens (tertiary/aromatic N) is 2. The third kappa shape index (κ3) is 3.56. The number of likely N-dealkylation sites (N-methyl/N-ethyl adjacent to an activating group) is 1. The van der Waals surface area contributed by atoms with E-state index in [0.717, 1.165) is 31.5 Å². The Balaban J connectivity index is 1.94. The highest BCUT2D eigenvalue weighted by atomic mass is 16.2. The molecule has 2 atom stereocenters. The third-order valence-corrected chi connectivity index (χ3v) is 3.78. The van der Waals surface area contributed by atoms with Gasteiger partial charge < -0.3 is 10.6 Å². The summed E-state index contributed by atoms with van der Waals surface area (Å²) in [4.78, 5) is 11.9. The first kappa shape index (κ1) is 14.1. The van der Waals surface area contributed by atoms with Gasteiger partial charge in [0.05, 0.1) is 11.7 Å². The first-order valence-corrected chi connectivity index (χ1v) is 7.10. The first-order valence-electron chi connectivity index (χ1n) is 7.10. The molecule has 0 spiro atoms. The fraction of sp³-hybridized carbons (Fsp3) is 0.714. The van der Waals surface area contributed by atoms with Crippen molar-refractivity contribution in [2.45, 2.75) is 39.2 Å². The summed E-state index contributed by atoms with van der Waals surface area (Å²) >= 11 is 0. The van der Waals surface area contributed by atoms with Crippen LogP contribution in [-0.4, -0.2) is 34.8 Å². The van der Waals surface area contributed by atoms with Gasteiger partial charge in [0.15, 0.2) is 0 Å². The molecular weight excluding hydrogens is 240 g/mol. The quantitative estimate of drug-likeness (QED) is 0.845.